The van der Waals surface area contributed by atoms with Crippen molar-refractivity contribution < 1.29 is 13.4 Å². The van der Waals surface area contributed by atoms with E-state index in [-0.39, 0.29) is 28.7 Å². The maximum absolute atomic E-state index is 13.4. The Balaban J connectivity index is 2.61. The van der Waals surface area contributed by atoms with Crippen molar-refractivity contribution in [3.63, 3.8) is 0 Å². The third kappa shape index (κ3) is 4.14. The van der Waals surface area contributed by atoms with Crippen LogP contribution in [0.2, 0.25) is 0 Å². The largest absolute Gasteiger partial charge is 0.399 e. The van der Waals surface area contributed by atoms with Gasteiger partial charge in [-0.3, -0.25) is 9.00 Å². The molecule has 0 radical (unpaired) electrons. The Labute approximate surface area is 102 Å². The third-order valence-corrected chi connectivity index (χ3v) is 3.49. The van der Waals surface area contributed by atoms with Gasteiger partial charge in [0.15, 0.2) is 0 Å². The maximum Gasteiger partial charge on any atom is 0.220 e. The SMILES string of the molecule is CCNC(=O)CCS(=O)c1ccc(N)cc1F. The highest BCUT2D eigenvalue weighted by Crippen LogP contribution is 2.16. The average molecular weight is 258 g/mol. The summed E-state index contributed by atoms with van der Waals surface area (Å²) in [7, 11) is -1.52. The lowest BCUT2D eigenvalue weighted by Crippen LogP contribution is -2.24. The first-order valence-electron chi connectivity index (χ1n) is 5.24. The van der Waals surface area contributed by atoms with E-state index in [1.165, 1.54) is 12.1 Å². The van der Waals surface area contributed by atoms with Crippen molar-refractivity contribution in [1.82, 2.24) is 5.32 Å². The van der Waals surface area contributed by atoms with Gasteiger partial charge in [-0.05, 0) is 25.1 Å². The summed E-state index contributed by atoms with van der Waals surface area (Å²) in [5, 5.41) is 2.59. The van der Waals surface area contributed by atoms with Crippen LogP contribution in [0.1, 0.15) is 13.3 Å². The van der Waals surface area contributed by atoms with Gasteiger partial charge in [-0.25, -0.2) is 4.39 Å². The average Bonchev–Trinajstić information content (AvgIpc) is 2.26. The maximum atomic E-state index is 13.4. The van der Waals surface area contributed by atoms with Crippen molar-refractivity contribution in [3.05, 3.63) is 24.0 Å². The van der Waals surface area contributed by atoms with Crippen LogP contribution in [-0.2, 0) is 15.6 Å². The molecule has 0 fully saturated rings. The second-order valence-corrected chi connectivity index (χ2v) is 4.98. The Bertz CT molecular complexity index is 437. The molecule has 0 aliphatic heterocycles. The molecule has 3 N–H and O–H groups in total. The summed E-state index contributed by atoms with van der Waals surface area (Å²) in [5.74, 6) is -0.678. The van der Waals surface area contributed by atoms with Gasteiger partial charge in [0.1, 0.15) is 5.82 Å². The minimum absolute atomic E-state index is 0.0866. The molecular formula is C11H15FN2O2S. The van der Waals surface area contributed by atoms with Gasteiger partial charge in [-0.2, -0.15) is 0 Å². The lowest BCUT2D eigenvalue weighted by atomic mass is 10.3. The van der Waals surface area contributed by atoms with Crippen molar-refractivity contribution in [2.75, 3.05) is 18.0 Å². The number of hydrogen-bond acceptors (Lipinski definition) is 3. The van der Waals surface area contributed by atoms with Crippen LogP contribution in [0.4, 0.5) is 10.1 Å². The van der Waals surface area contributed by atoms with E-state index >= 15 is 0 Å². The molecule has 1 unspecified atom stereocenters. The number of carbonyl (C=O) groups is 1. The molecule has 94 valence electrons. The fraction of sp³-hybridized carbons (Fsp3) is 0.364. The standard InChI is InChI=1S/C11H15FN2O2S/c1-2-14-11(15)5-6-17(16)10-4-3-8(13)7-9(10)12/h3-4,7H,2,5-6,13H2,1H3,(H,14,15). The van der Waals surface area contributed by atoms with E-state index in [1.54, 1.807) is 6.92 Å². The highest BCUT2D eigenvalue weighted by atomic mass is 32.2. The van der Waals surface area contributed by atoms with E-state index in [2.05, 4.69) is 5.32 Å². The number of anilines is 1. The fourth-order valence-corrected chi connectivity index (χ4v) is 2.37. The third-order valence-electron chi connectivity index (χ3n) is 2.09. The lowest BCUT2D eigenvalue weighted by molar-refractivity contribution is -0.120. The summed E-state index contributed by atoms with van der Waals surface area (Å²) in [6.45, 7) is 2.33. The van der Waals surface area contributed by atoms with E-state index in [9.17, 15) is 13.4 Å². The number of amides is 1. The Morgan fingerprint density at radius 3 is 2.82 bits per heavy atom. The molecule has 4 nitrogen and oxygen atoms in total. The number of nitrogens with one attached hydrogen (secondary N) is 1. The summed E-state index contributed by atoms with van der Waals surface area (Å²) in [6, 6.07) is 4.00. The van der Waals surface area contributed by atoms with E-state index in [4.69, 9.17) is 5.73 Å². The first-order valence-corrected chi connectivity index (χ1v) is 6.56. The number of benzene rings is 1. The van der Waals surface area contributed by atoms with Gasteiger partial charge in [-0.1, -0.05) is 0 Å². The Hall–Kier alpha value is -1.43. The predicted octanol–water partition coefficient (Wildman–Crippen LogP) is 1.04. The molecule has 1 amide bonds. The quantitative estimate of drug-likeness (QED) is 0.775. The van der Waals surface area contributed by atoms with E-state index in [0.717, 1.165) is 6.07 Å². The van der Waals surface area contributed by atoms with Crippen LogP contribution in [0.15, 0.2) is 23.1 Å². The predicted molar refractivity (Wildman–Crippen MR) is 65.4 cm³/mol. The summed E-state index contributed by atoms with van der Waals surface area (Å²) in [4.78, 5) is 11.2. The topological polar surface area (TPSA) is 72.2 Å². The van der Waals surface area contributed by atoms with Crippen molar-refractivity contribution in [2.45, 2.75) is 18.2 Å². The fourth-order valence-electron chi connectivity index (χ4n) is 1.28. The summed E-state index contributed by atoms with van der Waals surface area (Å²) in [6.07, 6.45) is 0.115. The first kappa shape index (κ1) is 13.6. The molecule has 0 aromatic heterocycles. The number of rotatable bonds is 5. The molecule has 1 atom stereocenters. The Morgan fingerprint density at radius 2 is 2.24 bits per heavy atom. The molecular weight excluding hydrogens is 243 g/mol. The monoisotopic (exact) mass is 258 g/mol. The molecule has 1 aromatic rings. The molecule has 1 aromatic carbocycles. The van der Waals surface area contributed by atoms with Crippen LogP contribution < -0.4 is 11.1 Å². The molecule has 0 saturated heterocycles. The molecule has 17 heavy (non-hydrogen) atoms. The molecule has 0 heterocycles. The Kier molecular flexibility index (Phi) is 5.09. The van der Waals surface area contributed by atoms with Crippen molar-refractivity contribution in [3.8, 4) is 0 Å². The van der Waals surface area contributed by atoms with Gasteiger partial charge in [0, 0.05) is 24.4 Å². The molecule has 6 heteroatoms. The minimum Gasteiger partial charge on any atom is -0.399 e. The van der Waals surface area contributed by atoms with Gasteiger partial charge in [-0.15, -0.1) is 0 Å². The number of carbonyl (C=O) groups excluding carboxylic acids is 1. The highest BCUT2D eigenvalue weighted by Gasteiger charge is 2.11. The van der Waals surface area contributed by atoms with Crippen LogP contribution in [0.5, 0.6) is 0 Å². The van der Waals surface area contributed by atoms with Gasteiger partial charge in [0.2, 0.25) is 5.91 Å². The second kappa shape index (κ2) is 6.34. The second-order valence-electron chi connectivity index (χ2n) is 3.44. The normalized spacial score (nSPS) is 12.1. The van der Waals surface area contributed by atoms with Crippen molar-refractivity contribution >= 4 is 22.4 Å². The summed E-state index contributed by atoms with van der Waals surface area (Å²) < 4.78 is 25.1. The summed E-state index contributed by atoms with van der Waals surface area (Å²) in [5.41, 5.74) is 5.67. The zero-order valence-corrected chi connectivity index (χ0v) is 10.3. The zero-order valence-electron chi connectivity index (χ0n) is 9.53. The van der Waals surface area contributed by atoms with Gasteiger partial charge >= 0.3 is 0 Å². The van der Waals surface area contributed by atoms with E-state index < -0.39 is 16.6 Å². The molecule has 0 bridgehead atoms. The van der Waals surface area contributed by atoms with Crippen LogP contribution >= 0.6 is 0 Å². The smallest absolute Gasteiger partial charge is 0.220 e. The number of nitrogens with two attached hydrogens (primary N) is 1. The highest BCUT2D eigenvalue weighted by molar-refractivity contribution is 7.85. The number of hydrogen-bond donors (Lipinski definition) is 2. The van der Waals surface area contributed by atoms with Crippen LogP contribution in [0.25, 0.3) is 0 Å². The van der Waals surface area contributed by atoms with Crippen LogP contribution in [0, 0.1) is 5.82 Å². The Morgan fingerprint density at radius 1 is 1.53 bits per heavy atom. The molecule has 0 saturated carbocycles. The molecule has 0 aliphatic carbocycles. The molecule has 1 rings (SSSR count). The van der Waals surface area contributed by atoms with Gasteiger partial charge in [0.25, 0.3) is 0 Å². The van der Waals surface area contributed by atoms with Crippen molar-refractivity contribution in [1.29, 1.82) is 0 Å². The van der Waals surface area contributed by atoms with E-state index in [1.807, 2.05) is 0 Å². The van der Waals surface area contributed by atoms with Crippen LogP contribution in [0.3, 0.4) is 0 Å². The molecule has 0 spiro atoms. The van der Waals surface area contributed by atoms with E-state index in [0.29, 0.717) is 6.54 Å². The number of nitrogen functional groups attached to an aromatic ring is 1. The summed E-state index contributed by atoms with van der Waals surface area (Å²) >= 11 is 0. The first-order chi connectivity index (χ1) is 8.04. The van der Waals surface area contributed by atoms with Crippen LogP contribution in [-0.4, -0.2) is 22.4 Å². The minimum atomic E-state index is -1.52. The van der Waals surface area contributed by atoms with Crippen molar-refractivity contribution in [2.24, 2.45) is 0 Å². The molecule has 0 aliphatic rings. The number of halogens is 1. The van der Waals surface area contributed by atoms with Gasteiger partial charge < -0.3 is 11.1 Å². The van der Waals surface area contributed by atoms with Gasteiger partial charge in [0.05, 0.1) is 15.7 Å². The lowest BCUT2D eigenvalue weighted by Gasteiger charge is -2.05. The zero-order chi connectivity index (χ0) is 12.8.